The van der Waals surface area contributed by atoms with Gasteiger partial charge in [-0.05, 0) is 28.8 Å². The topological polar surface area (TPSA) is 88.7 Å². The number of hydrogen-bond acceptors (Lipinski definition) is 4. The maximum atomic E-state index is 13.2. The largest absolute Gasteiger partial charge is 0.339 e. The van der Waals surface area contributed by atoms with Crippen LogP contribution < -0.4 is 10.6 Å². The van der Waals surface area contributed by atoms with Crippen molar-refractivity contribution in [3.8, 4) is 23.3 Å². The van der Waals surface area contributed by atoms with Gasteiger partial charge in [0.1, 0.15) is 11.5 Å². The quantitative estimate of drug-likeness (QED) is 0.806. The Bertz CT molecular complexity index is 923. The summed E-state index contributed by atoms with van der Waals surface area (Å²) in [5.74, 6) is -0.790. The highest BCUT2D eigenvalue weighted by molar-refractivity contribution is 5.85. The van der Waals surface area contributed by atoms with Crippen molar-refractivity contribution in [1.82, 2.24) is 10.6 Å². The van der Waals surface area contributed by atoms with E-state index in [0.717, 1.165) is 16.7 Å². The van der Waals surface area contributed by atoms with Gasteiger partial charge in [-0.15, -0.1) is 0 Å². The number of halogens is 2. The van der Waals surface area contributed by atoms with E-state index in [-0.39, 0.29) is 19.5 Å². The van der Waals surface area contributed by atoms with Crippen LogP contribution in [0.5, 0.6) is 0 Å². The molecule has 1 fully saturated rings. The van der Waals surface area contributed by atoms with Gasteiger partial charge in [0.25, 0.3) is 6.43 Å². The van der Waals surface area contributed by atoms with Crippen molar-refractivity contribution in [2.75, 3.05) is 13.1 Å². The van der Waals surface area contributed by atoms with Crippen LogP contribution in [0.1, 0.15) is 11.1 Å². The first kappa shape index (κ1) is 19.5. The zero-order valence-electron chi connectivity index (χ0n) is 15.0. The molecule has 28 heavy (non-hydrogen) atoms. The second-order valence-electron chi connectivity index (χ2n) is 6.81. The fourth-order valence-electron chi connectivity index (χ4n) is 3.05. The minimum absolute atomic E-state index is 0.0893. The number of hydrogen-bond donors (Lipinski definition) is 2. The average molecular weight is 380 g/mol. The van der Waals surface area contributed by atoms with Crippen LogP contribution in [-0.2, 0) is 11.2 Å². The number of nitriles is 2. The first-order chi connectivity index (χ1) is 13.5. The second-order valence-corrected chi connectivity index (χ2v) is 6.81. The smallest absolute Gasteiger partial charge is 0.255 e. The molecule has 2 aromatic rings. The number of rotatable bonds is 6. The predicted octanol–water partition coefficient (Wildman–Crippen LogP) is 2.63. The number of amides is 1. The van der Waals surface area contributed by atoms with Gasteiger partial charge in [-0.2, -0.15) is 10.5 Å². The van der Waals surface area contributed by atoms with Gasteiger partial charge in [0, 0.05) is 19.5 Å². The Kier molecular flexibility index (Phi) is 5.67. The lowest BCUT2D eigenvalue weighted by atomic mass is 9.81. The number of benzene rings is 2. The van der Waals surface area contributed by atoms with Crippen LogP contribution in [0.15, 0.2) is 48.5 Å². The molecule has 1 aliphatic heterocycles. The van der Waals surface area contributed by atoms with Crippen LogP contribution in [0.25, 0.3) is 11.1 Å². The summed E-state index contributed by atoms with van der Waals surface area (Å²) in [7, 11) is 0. The molecule has 2 N–H and O–H groups in total. The molecule has 2 aromatic carbocycles. The van der Waals surface area contributed by atoms with Crippen LogP contribution in [0.4, 0.5) is 8.78 Å². The van der Waals surface area contributed by atoms with E-state index in [1.165, 1.54) is 0 Å². The molecule has 1 heterocycles. The summed E-state index contributed by atoms with van der Waals surface area (Å²) in [6, 6.07) is 17.7. The Morgan fingerprint density at radius 2 is 1.64 bits per heavy atom. The average Bonchev–Trinajstić information content (AvgIpc) is 2.67. The van der Waals surface area contributed by atoms with E-state index in [4.69, 9.17) is 5.26 Å². The van der Waals surface area contributed by atoms with Gasteiger partial charge in [0.05, 0.1) is 17.7 Å². The van der Waals surface area contributed by atoms with E-state index in [9.17, 15) is 18.8 Å². The summed E-state index contributed by atoms with van der Waals surface area (Å²) in [6.45, 7) is -0.179. The third kappa shape index (κ3) is 3.85. The molecule has 1 saturated heterocycles. The van der Waals surface area contributed by atoms with E-state index < -0.39 is 23.8 Å². The summed E-state index contributed by atoms with van der Waals surface area (Å²) < 4.78 is 26.4. The van der Waals surface area contributed by atoms with E-state index in [2.05, 4.69) is 16.7 Å². The maximum absolute atomic E-state index is 13.2. The maximum Gasteiger partial charge on any atom is 0.255 e. The molecule has 1 atom stereocenters. The lowest BCUT2D eigenvalue weighted by molar-refractivity contribution is -0.146. The second kappa shape index (κ2) is 8.16. The monoisotopic (exact) mass is 380 g/mol. The highest BCUT2D eigenvalue weighted by Crippen LogP contribution is 2.31. The van der Waals surface area contributed by atoms with Gasteiger partial charge >= 0.3 is 0 Å². The predicted molar refractivity (Wildman–Crippen MR) is 99.1 cm³/mol. The fourth-order valence-corrected chi connectivity index (χ4v) is 3.05. The zero-order chi connectivity index (χ0) is 20.1. The standard InChI is InChI=1S/C21H18F2N4O/c22-19(23)21(12-26-13-21)20(28)27-18(11-25)9-14-1-5-16(6-2-14)17-7-3-15(10-24)4-8-17/h1-8,18-19,26H,9,12-13H2,(H,27,28)/t18-/m0/s1. The van der Waals surface area contributed by atoms with E-state index in [0.29, 0.717) is 5.56 Å². The molecule has 0 radical (unpaired) electrons. The minimum Gasteiger partial charge on any atom is -0.339 e. The summed E-state index contributed by atoms with van der Waals surface area (Å²) in [4.78, 5) is 12.2. The number of nitrogens with zero attached hydrogens (tertiary/aromatic N) is 2. The Balaban J connectivity index is 1.66. The van der Waals surface area contributed by atoms with Gasteiger partial charge in [-0.3, -0.25) is 4.79 Å². The fraction of sp³-hybridized carbons (Fsp3) is 0.286. The molecule has 0 unspecified atom stereocenters. The Hall–Kier alpha value is -3.29. The summed E-state index contributed by atoms with van der Waals surface area (Å²) in [6.07, 6.45) is -2.55. The van der Waals surface area contributed by atoms with Crippen molar-refractivity contribution in [3.63, 3.8) is 0 Å². The van der Waals surface area contributed by atoms with E-state index >= 15 is 0 Å². The summed E-state index contributed by atoms with van der Waals surface area (Å²) >= 11 is 0. The molecule has 3 rings (SSSR count). The van der Waals surface area contributed by atoms with Crippen LogP contribution >= 0.6 is 0 Å². The van der Waals surface area contributed by atoms with Crippen LogP contribution in [0.2, 0.25) is 0 Å². The molecular weight excluding hydrogens is 362 g/mol. The van der Waals surface area contributed by atoms with Crippen molar-refractivity contribution >= 4 is 5.91 Å². The Morgan fingerprint density at radius 3 is 2.07 bits per heavy atom. The molecule has 7 heteroatoms. The van der Waals surface area contributed by atoms with Crippen molar-refractivity contribution in [2.24, 2.45) is 5.41 Å². The first-order valence-electron chi connectivity index (χ1n) is 8.77. The van der Waals surface area contributed by atoms with Crippen molar-refractivity contribution in [1.29, 1.82) is 10.5 Å². The minimum atomic E-state index is -2.78. The normalized spacial score (nSPS) is 15.8. The Labute approximate surface area is 161 Å². The molecule has 0 bridgehead atoms. The SMILES string of the molecule is N#Cc1ccc(-c2ccc(C[C@@H](C#N)NC(=O)C3(C(F)F)CNC3)cc2)cc1. The highest BCUT2D eigenvalue weighted by Gasteiger charge is 2.52. The first-order valence-corrected chi connectivity index (χ1v) is 8.77. The molecule has 1 aliphatic rings. The van der Waals surface area contributed by atoms with E-state index in [1.54, 1.807) is 12.1 Å². The van der Waals surface area contributed by atoms with Gasteiger partial charge in [0.15, 0.2) is 0 Å². The third-order valence-corrected chi connectivity index (χ3v) is 4.95. The lowest BCUT2D eigenvalue weighted by Gasteiger charge is -2.40. The van der Waals surface area contributed by atoms with Gasteiger partial charge < -0.3 is 10.6 Å². The van der Waals surface area contributed by atoms with Crippen molar-refractivity contribution in [2.45, 2.75) is 18.9 Å². The van der Waals surface area contributed by atoms with Gasteiger partial charge in [-0.1, -0.05) is 36.4 Å². The van der Waals surface area contributed by atoms with Crippen LogP contribution in [0.3, 0.4) is 0 Å². The van der Waals surface area contributed by atoms with Crippen LogP contribution in [-0.4, -0.2) is 31.5 Å². The Morgan fingerprint density at radius 1 is 1.07 bits per heavy atom. The summed E-state index contributed by atoms with van der Waals surface area (Å²) in [5.41, 5.74) is 1.54. The molecule has 5 nitrogen and oxygen atoms in total. The zero-order valence-corrected chi connectivity index (χ0v) is 15.0. The number of alkyl halides is 2. The molecule has 0 spiro atoms. The molecule has 1 amide bonds. The van der Waals surface area contributed by atoms with Gasteiger partial charge in [0.2, 0.25) is 5.91 Å². The number of carbonyl (C=O) groups excluding carboxylic acids is 1. The molecular formula is C21H18F2N4O. The number of carbonyl (C=O) groups is 1. The molecule has 0 aliphatic carbocycles. The molecule has 0 aromatic heterocycles. The van der Waals surface area contributed by atoms with Crippen LogP contribution in [0, 0.1) is 28.1 Å². The molecule has 0 saturated carbocycles. The lowest BCUT2D eigenvalue weighted by Crippen LogP contribution is -2.66. The van der Waals surface area contributed by atoms with Gasteiger partial charge in [-0.25, -0.2) is 8.78 Å². The van der Waals surface area contributed by atoms with E-state index in [1.807, 2.05) is 42.5 Å². The molecule has 142 valence electrons. The summed E-state index contributed by atoms with van der Waals surface area (Å²) in [5, 5.41) is 23.3. The van der Waals surface area contributed by atoms with Crippen molar-refractivity contribution in [3.05, 3.63) is 59.7 Å². The van der Waals surface area contributed by atoms with Crippen molar-refractivity contribution < 1.29 is 13.6 Å². The highest BCUT2D eigenvalue weighted by atomic mass is 19.3. The third-order valence-electron chi connectivity index (χ3n) is 4.95. The number of nitrogens with one attached hydrogen (secondary N) is 2.